The topological polar surface area (TPSA) is 130 Å². The summed E-state index contributed by atoms with van der Waals surface area (Å²) in [5.41, 5.74) is 23.0. The summed E-state index contributed by atoms with van der Waals surface area (Å²) in [5, 5.41) is 0. The zero-order valence-corrected chi connectivity index (χ0v) is 45.6. The van der Waals surface area contributed by atoms with Crippen molar-refractivity contribution in [2.24, 2.45) is 0 Å². The third-order valence-corrected chi connectivity index (χ3v) is 16.0. The monoisotopic (exact) mass is 1020 g/mol. The standard InChI is InChI=1S/C66H64N4O5S/c1-38-32-40(3)59(41(4)33-38)63-53-26-22-49(67-53)61-47-18-10-12-20-57(47)74-30-14-16-44-36-46(66(7,8)9)37-45(65(44)76(71,72)73)17-15-31-75-58-21-13-11-19-48(58)62(50-23-27-54(63)68-50)52-25-29-56(70-52)64(55-28-24-51(61)69-55)60-42(5)34-39(2)35-43(60)6/h10-13,18-29,32-37,67,70H,14-17,30-31H2,1-9H3,(H,71,72,73). The molecule has 10 heteroatoms. The molecule has 384 valence electrons. The summed E-state index contributed by atoms with van der Waals surface area (Å²) in [4.78, 5) is 19.1. The molecule has 0 saturated carbocycles. The zero-order chi connectivity index (χ0) is 53.2. The Morgan fingerprint density at radius 3 is 1.21 bits per heavy atom. The van der Waals surface area contributed by atoms with E-state index in [4.69, 9.17) is 19.4 Å². The predicted molar refractivity (Wildman–Crippen MR) is 312 cm³/mol. The number of rotatable bonds is 3. The maximum absolute atomic E-state index is 13.5. The second-order valence-electron chi connectivity index (χ2n) is 21.8. The molecule has 0 unspecified atom stereocenters. The number of hydrogen-bond acceptors (Lipinski definition) is 6. The average Bonchev–Trinajstić information content (AvgIpc) is 4.22. The van der Waals surface area contributed by atoms with E-state index in [1.54, 1.807) is 0 Å². The SMILES string of the molecule is Cc1cc(C)c(-c2c3nc(c4c5ccc([nH]5)c(-c5c(C)cc(C)cc5C)c5nc(c(c6ccc2[nH]6)-c2ccccc2OCCCc2cc(C(C)(C)C)cc(c2S(=O)(=O)O)CCCOc2ccccc2-4)C=C5)C=C3)c(C)c1. The lowest BCUT2D eigenvalue weighted by atomic mass is 9.84. The number of hydrogen-bond donors (Lipinski definition) is 3. The van der Waals surface area contributed by atoms with Gasteiger partial charge in [-0.25, -0.2) is 9.97 Å². The molecule has 0 fully saturated rings. The molecule has 0 atom stereocenters. The number of fused-ring (bicyclic) bond motifs is 6. The number of aromatic nitrogens is 4. The van der Waals surface area contributed by atoms with Gasteiger partial charge in [0.25, 0.3) is 10.1 Å². The van der Waals surface area contributed by atoms with Crippen molar-refractivity contribution in [3.8, 4) is 56.0 Å². The molecule has 7 heterocycles. The lowest BCUT2D eigenvalue weighted by Crippen LogP contribution is -2.16. The van der Waals surface area contributed by atoms with Gasteiger partial charge < -0.3 is 19.4 Å². The Morgan fingerprint density at radius 2 is 0.842 bits per heavy atom. The molecule has 0 saturated heterocycles. The number of H-pyrrole nitrogens is 2. The number of ether oxygens (including phenoxy) is 2. The fourth-order valence-electron chi connectivity index (χ4n) is 11.8. The molecule has 8 aromatic rings. The van der Waals surface area contributed by atoms with Crippen molar-refractivity contribution >= 4 is 56.5 Å². The molecule has 0 aliphatic carbocycles. The van der Waals surface area contributed by atoms with Crippen molar-refractivity contribution in [1.82, 2.24) is 19.9 Å². The number of benzene rings is 5. The Bertz CT molecular complexity index is 3750. The maximum Gasteiger partial charge on any atom is 0.295 e. The average molecular weight is 1030 g/mol. The van der Waals surface area contributed by atoms with Crippen LogP contribution in [0.4, 0.5) is 0 Å². The summed E-state index contributed by atoms with van der Waals surface area (Å²) in [7, 11) is -4.61. The minimum Gasteiger partial charge on any atom is -0.493 e. The van der Waals surface area contributed by atoms with E-state index in [1.807, 2.05) is 48.5 Å². The van der Waals surface area contributed by atoms with Gasteiger partial charge >= 0.3 is 0 Å². The first-order chi connectivity index (χ1) is 36.4. The van der Waals surface area contributed by atoms with Gasteiger partial charge in [-0.15, -0.1) is 0 Å². The van der Waals surface area contributed by atoms with Gasteiger partial charge in [-0.05, 0) is 183 Å². The summed E-state index contributed by atoms with van der Waals surface area (Å²) in [6, 6.07) is 37.5. The number of aryl methyl sites for hydroxylation is 8. The quantitative estimate of drug-likeness (QED) is 0.150. The van der Waals surface area contributed by atoms with Crippen LogP contribution in [-0.2, 0) is 28.4 Å². The number of nitrogens with zero attached hydrogens (tertiary/aromatic N) is 2. The fourth-order valence-corrected chi connectivity index (χ4v) is 12.8. The normalized spacial score (nSPS) is 13.8. The van der Waals surface area contributed by atoms with Crippen molar-refractivity contribution < 1.29 is 22.4 Å². The molecule has 0 spiro atoms. The first-order valence-electron chi connectivity index (χ1n) is 26.3. The molecule has 3 N–H and O–H groups in total. The number of aromatic amines is 2. The van der Waals surface area contributed by atoms with Gasteiger partial charge in [-0.2, -0.15) is 8.42 Å². The molecule has 76 heavy (non-hydrogen) atoms. The second kappa shape index (κ2) is 19.7. The minimum absolute atomic E-state index is 0.0304. The summed E-state index contributed by atoms with van der Waals surface area (Å²) >= 11 is 0. The van der Waals surface area contributed by atoms with E-state index < -0.39 is 10.1 Å². The largest absolute Gasteiger partial charge is 0.493 e. The van der Waals surface area contributed by atoms with Crippen LogP contribution in [0.3, 0.4) is 0 Å². The van der Waals surface area contributed by atoms with E-state index in [0.717, 1.165) is 117 Å². The van der Waals surface area contributed by atoms with Crippen molar-refractivity contribution in [1.29, 1.82) is 0 Å². The molecule has 5 aromatic carbocycles. The Kier molecular flexibility index (Phi) is 13.1. The van der Waals surface area contributed by atoms with Gasteiger partial charge in [0.05, 0.1) is 36.0 Å². The molecule has 4 aliphatic heterocycles. The van der Waals surface area contributed by atoms with E-state index in [1.165, 1.54) is 11.1 Å². The highest BCUT2D eigenvalue weighted by molar-refractivity contribution is 7.86. The van der Waals surface area contributed by atoms with Crippen LogP contribution in [0.2, 0.25) is 0 Å². The van der Waals surface area contributed by atoms with E-state index in [2.05, 4.69) is 157 Å². The van der Waals surface area contributed by atoms with Crippen LogP contribution >= 0.6 is 0 Å². The summed E-state index contributed by atoms with van der Waals surface area (Å²) in [6.07, 6.45) is 10.2. The number of para-hydroxylation sites is 2. The van der Waals surface area contributed by atoms with Crippen LogP contribution < -0.4 is 9.47 Å². The highest BCUT2D eigenvalue weighted by Crippen LogP contribution is 2.44. The third kappa shape index (κ3) is 9.49. The minimum atomic E-state index is -4.61. The van der Waals surface area contributed by atoms with Crippen molar-refractivity contribution in [3.63, 3.8) is 0 Å². The van der Waals surface area contributed by atoms with Crippen LogP contribution in [-0.4, -0.2) is 46.1 Å². The predicted octanol–water partition coefficient (Wildman–Crippen LogP) is 16.1. The van der Waals surface area contributed by atoms with Crippen LogP contribution in [0.1, 0.15) is 106 Å². The molecule has 3 aromatic heterocycles. The Morgan fingerprint density at radius 1 is 0.487 bits per heavy atom. The van der Waals surface area contributed by atoms with Crippen LogP contribution in [0.15, 0.2) is 114 Å². The van der Waals surface area contributed by atoms with Crippen LogP contribution in [0, 0.1) is 41.5 Å². The van der Waals surface area contributed by atoms with Gasteiger partial charge in [0.15, 0.2) is 0 Å². The first kappa shape index (κ1) is 50.4. The Labute approximate surface area is 446 Å². The van der Waals surface area contributed by atoms with Gasteiger partial charge in [0.1, 0.15) is 16.4 Å². The maximum atomic E-state index is 13.5. The molecular formula is C66H64N4O5S. The molecule has 12 bridgehead atoms. The highest BCUT2D eigenvalue weighted by atomic mass is 32.2. The smallest absolute Gasteiger partial charge is 0.295 e. The fraction of sp³-hybridized carbons (Fsp3) is 0.242. The first-order valence-corrected chi connectivity index (χ1v) is 27.8. The van der Waals surface area contributed by atoms with Crippen LogP contribution in [0.5, 0.6) is 11.5 Å². The highest BCUT2D eigenvalue weighted by Gasteiger charge is 2.27. The zero-order valence-electron chi connectivity index (χ0n) is 44.8. The molecule has 9 nitrogen and oxygen atoms in total. The molecule has 0 amide bonds. The molecular weight excluding hydrogens is 961 g/mol. The molecule has 0 radical (unpaired) electrons. The van der Waals surface area contributed by atoms with Crippen LogP contribution in [0.25, 0.3) is 90.9 Å². The Hall–Kier alpha value is -7.79. The van der Waals surface area contributed by atoms with E-state index in [0.29, 0.717) is 48.3 Å². The second-order valence-corrected chi connectivity index (χ2v) is 23.2. The molecule has 4 aliphatic rings. The van der Waals surface area contributed by atoms with Gasteiger partial charge in [0.2, 0.25) is 0 Å². The van der Waals surface area contributed by atoms with E-state index in [9.17, 15) is 13.0 Å². The van der Waals surface area contributed by atoms with Crippen molar-refractivity contribution in [3.05, 3.63) is 182 Å². The third-order valence-electron chi connectivity index (χ3n) is 15.0. The van der Waals surface area contributed by atoms with Gasteiger partial charge in [-0.3, -0.25) is 4.55 Å². The lowest BCUT2D eigenvalue weighted by molar-refractivity contribution is 0.310. The van der Waals surface area contributed by atoms with E-state index in [-0.39, 0.29) is 23.5 Å². The number of nitrogens with one attached hydrogen (secondary N) is 2. The van der Waals surface area contributed by atoms with Crippen molar-refractivity contribution in [2.45, 2.75) is 98.3 Å². The van der Waals surface area contributed by atoms with E-state index >= 15 is 0 Å². The Balaban J connectivity index is 1.27. The van der Waals surface area contributed by atoms with Gasteiger partial charge in [0, 0.05) is 55.4 Å². The lowest BCUT2D eigenvalue weighted by Gasteiger charge is -2.24. The molecule has 12 rings (SSSR count). The summed E-state index contributed by atoms with van der Waals surface area (Å²) in [6.45, 7) is 19.9. The van der Waals surface area contributed by atoms with Crippen molar-refractivity contribution in [2.75, 3.05) is 13.2 Å². The summed E-state index contributed by atoms with van der Waals surface area (Å²) < 4.78 is 51.5. The van der Waals surface area contributed by atoms with Gasteiger partial charge in [-0.1, -0.05) is 105 Å². The summed E-state index contributed by atoms with van der Waals surface area (Å²) in [5.74, 6) is 1.31.